The van der Waals surface area contributed by atoms with Gasteiger partial charge in [0.2, 0.25) is 10.0 Å². The SMILES string of the molecule is Cc1nc2ncc(-c3ccc4c(c3)CN(c3nc(CNS(C)(=O)=O)nc5c3CC(C)(C)CC5)CCO4)cc2[nH]1. The van der Waals surface area contributed by atoms with Gasteiger partial charge < -0.3 is 14.6 Å². The molecule has 0 unspecified atom stereocenters. The highest BCUT2D eigenvalue weighted by Gasteiger charge is 2.31. The van der Waals surface area contributed by atoms with E-state index in [1.807, 2.05) is 19.2 Å². The predicted molar refractivity (Wildman–Crippen MR) is 150 cm³/mol. The van der Waals surface area contributed by atoms with Crippen LogP contribution in [0.2, 0.25) is 0 Å². The number of aromatic nitrogens is 5. The number of aromatic amines is 1. The Morgan fingerprint density at radius 1 is 1.15 bits per heavy atom. The van der Waals surface area contributed by atoms with Crippen LogP contribution in [0.3, 0.4) is 0 Å². The molecule has 1 aromatic carbocycles. The first-order valence-corrected chi connectivity index (χ1v) is 15.1. The average molecular weight is 548 g/mol. The van der Waals surface area contributed by atoms with E-state index in [1.165, 1.54) is 0 Å². The van der Waals surface area contributed by atoms with Gasteiger partial charge in [-0.2, -0.15) is 0 Å². The molecule has 0 saturated heterocycles. The molecule has 0 bridgehead atoms. The summed E-state index contributed by atoms with van der Waals surface area (Å²) in [5.74, 6) is 3.05. The lowest BCUT2D eigenvalue weighted by atomic mass is 9.76. The van der Waals surface area contributed by atoms with Crippen molar-refractivity contribution in [3.63, 3.8) is 0 Å². The minimum atomic E-state index is -3.36. The van der Waals surface area contributed by atoms with Crippen LogP contribution in [0, 0.1) is 12.3 Å². The van der Waals surface area contributed by atoms with Crippen molar-refractivity contribution in [2.75, 3.05) is 24.3 Å². The summed E-state index contributed by atoms with van der Waals surface area (Å²) < 4.78 is 32.2. The van der Waals surface area contributed by atoms with E-state index in [9.17, 15) is 8.42 Å². The van der Waals surface area contributed by atoms with Crippen LogP contribution in [0.15, 0.2) is 30.5 Å². The number of anilines is 1. The lowest BCUT2D eigenvalue weighted by molar-refractivity contribution is 0.310. The minimum absolute atomic E-state index is 0.0656. The number of nitrogens with zero attached hydrogens (tertiary/aromatic N) is 5. The molecule has 6 rings (SSSR count). The highest BCUT2D eigenvalue weighted by molar-refractivity contribution is 7.88. The zero-order valence-electron chi connectivity index (χ0n) is 22.7. The van der Waals surface area contributed by atoms with Crippen molar-refractivity contribution in [3.8, 4) is 16.9 Å². The summed E-state index contributed by atoms with van der Waals surface area (Å²) in [6.07, 6.45) is 5.74. The standard InChI is InChI=1S/C28H33N7O3S/c1-17-31-23-12-19(14-29-26(23)32-17)18-5-6-24-20(11-18)16-35(9-10-38-24)27-21-13-28(2,3)8-7-22(21)33-25(34-27)15-30-39(4,36)37/h5-6,11-12,14,30H,7-10,13,15-16H2,1-4H3,(H,29,31,32). The van der Waals surface area contributed by atoms with Crippen molar-refractivity contribution >= 4 is 27.0 Å². The Morgan fingerprint density at radius 3 is 2.82 bits per heavy atom. The molecule has 1 aliphatic heterocycles. The van der Waals surface area contributed by atoms with Crippen LogP contribution in [-0.4, -0.2) is 52.7 Å². The van der Waals surface area contributed by atoms with Gasteiger partial charge in [0.1, 0.15) is 29.8 Å². The zero-order chi connectivity index (χ0) is 27.4. The number of nitrogens with one attached hydrogen (secondary N) is 2. The molecule has 0 radical (unpaired) electrons. The van der Waals surface area contributed by atoms with Gasteiger partial charge in [-0.1, -0.05) is 19.9 Å². The molecule has 4 aromatic rings. The fourth-order valence-corrected chi connectivity index (χ4v) is 5.84. The molecule has 11 heteroatoms. The van der Waals surface area contributed by atoms with E-state index in [0.717, 1.165) is 76.4 Å². The molecule has 204 valence electrons. The van der Waals surface area contributed by atoms with E-state index in [2.05, 4.69) is 56.6 Å². The Morgan fingerprint density at radius 2 is 2.00 bits per heavy atom. The Hall–Kier alpha value is -3.57. The number of imidazole rings is 1. The average Bonchev–Trinajstić information content (AvgIpc) is 3.12. The van der Waals surface area contributed by atoms with Gasteiger partial charge in [-0.25, -0.2) is 33.1 Å². The number of pyridine rings is 1. The molecule has 2 N–H and O–H groups in total. The van der Waals surface area contributed by atoms with Crippen LogP contribution in [-0.2, 0) is 36.0 Å². The van der Waals surface area contributed by atoms with Gasteiger partial charge in [-0.05, 0) is 55.4 Å². The molecule has 0 atom stereocenters. The maximum Gasteiger partial charge on any atom is 0.209 e. The first-order chi connectivity index (χ1) is 18.5. The first-order valence-electron chi connectivity index (χ1n) is 13.2. The largest absolute Gasteiger partial charge is 0.491 e. The number of ether oxygens (including phenoxy) is 1. The topological polar surface area (TPSA) is 126 Å². The molecule has 1 aliphatic carbocycles. The summed E-state index contributed by atoms with van der Waals surface area (Å²) in [5.41, 5.74) is 7.02. The maximum atomic E-state index is 11.8. The Kier molecular flexibility index (Phi) is 6.30. The minimum Gasteiger partial charge on any atom is -0.491 e. The van der Waals surface area contributed by atoms with E-state index in [-0.39, 0.29) is 12.0 Å². The van der Waals surface area contributed by atoms with Crippen LogP contribution in [0.4, 0.5) is 5.82 Å². The van der Waals surface area contributed by atoms with Gasteiger partial charge in [-0.15, -0.1) is 0 Å². The number of hydrogen-bond acceptors (Lipinski definition) is 8. The van der Waals surface area contributed by atoms with E-state index >= 15 is 0 Å². The summed E-state index contributed by atoms with van der Waals surface area (Å²) >= 11 is 0. The van der Waals surface area contributed by atoms with Gasteiger partial charge >= 0.3 is 0 Å². The fraction of sp³-hybridized carbons (Fsp3) is 0.429. The lowest BCUT2D eigenvalue weighted by Gasteiger charge is -2.34. The summed E-state index contributed by atoms with van der Waals surface area (Å²) in [7, 11) is -3.36. The van der Waals surface area contributed by atoms with Crippen LogP contribution in [0.25, 0.3) is 22.3 Å². The van der Waals surface area contributed by atoms with Crippen molar-refractivity contribution in [1.82, 2.24) is 29.6 Å². The van der Waals surface area contributed by atoms with Crippen LogP contribution in [0.1, 0.15) is 48.7 Å². The summed E-state index contributed by atoms with van der Waals surface area (Å²) in [4.78, 5) is 24.2. The molecule has 39 heavy (non-hydrogen) atoms. The van der Waals surface area contributed by atoms with Crippen molar-refractivity contribution in [1.29, 1.82) is 0 Å². The Balaban J connectivity index is 1.37. The van der Waals surface area contributed by atoms with Gasteiger partial charge in [0.25, 0.3) is 0 Å². The number of fused-ring (bicyclic) bond motifs is 3. The smallest absolute Gasteiger partial charge is 0.209 e. The molecule has 4 heterocycles. The number of benzene rings is 1. The van der Waals surface area contributed by atoms with Crippen molar-refractivity contribution in [3.05, 3.63) is 58.9 Å². The summed E-state index contributed by atoms with van der Waals surface area (Å²) in [6.45, 7) is 8.34. The fourth-order valence-electron chi connectivity index (χ4n) is 5.45. The summed E-state index contributed by atoms with van der Waals surface area (Å²) in [5, 5.41) is 0. The summed E-state index contributed by atoms with van der Waals surface area (Å²) in [6, 6.07) is 8.31. The van der Waals surface area contributed by atoms with Crippen LogP contribution in [0.5, 0.6) is 5.75 Å². The third-order valence-corrected chi connectivity index (χ3v) is 8.10. The maximum absolute atomic E-state index is 11.8. The lowest BCUT2D eigenvalue weighted by Crippen LogP contribution is -2.33. The van der Waals surface area contributed by atoms with Crippen molar-refractivity contribution < 1.29 is 13.2 Å². The van der Waals surface area contributed by atoms with E-state index < -0.39 is 10.0 Å². The van der Waals surface area contributed by atoms with E-state index in [0.29, 0.717) is 31.2 Å². The molecule has 0 spiro atoms. The number of sulfonamides is 1. The van der Waals surface area contributed by atoms with Crippen molar-refractivity contribution in [2.24, 2.45) is 5.41 Å². The first kappa shape index (κ1) is 25.7. The molecule has 2 aliphatic rings. The Bertz CT molecular complexity index is 1680. The number of rotatable bonds is 5. The highest BCUT2D eigenvalue weighted by atomic mass is 32.2. The molecule has 3 aromatic heterocycles. The molecular formula is C28H33N7O3S. The molecule has 0 fully saturated rings. The van der Waals surface area contributed by atoms with Crippen LogP contribution >= 0.6 is 0 Å². The number of aryl methyl sites for hydroxylation is 2. The van der Waals surface area contributed by atoms with Crippen molar-refractivity contribution in [2.45, 2.75) is 53.1 Å². The molecule has 0 saturated carbocycles. The molecule has 10 nitrogen and oxygen atoms in total. The number of H-pyrrole nitrogens is 1. The van der Waals surface area contributed by atoms with E-state index in [4.69, 9.17) is 14.7 Å². The second kappa shape index (κ2) is 9.56. The molecule has 0 amide bonds. The van der Waals surface area contributed by atoms with Gasteiger partial charge in [0.05, 0.1) is 24.9 Å². The second-order valence-electron chi connectivity index (χ2n) is 11.3. The van der Waals surface area contributed by atoms with Gasteiger partial charge in [0, 0.05) is 35.1 Å². The molecular weight excluding hydrogens is 514 g/mol. The van der Waals surface area contributed by atoms with Gasteiger partial charge in [-0.3, -0.25) is 0 Å². The third kappa shape index (κ3) is 5.46. The normalized spacial score (nSPS) is 16.9. The number of hydrogen-bond donors (Lipinski definition) is 2. The second-order valence-corrected chi connectivity index (χ2v) is 13.2. The highest BCUT2D eigenvalue weighted by Crippen LogP contribution is 2.39. The monoisotopic (exact) mass is 547 g/mol. The third-order valence-electron chi connectivity index (χ3n) is 7.43. The predicted octanol–water partition coefficient (Wildman–Crippen LogP) is 3.69. The van der Waals surface area contributed by atoms with Gasteiger partial charge in [0.15, 0.2) is 5.65 Å². The Labute approximate surface area is 228 Å². The quantitative estimate of drug-likeness (QED) is 0.388. The zero-order valence-corrected chi connectivity index (χ0v) is 23.5. The van der Waals surface area contributed by atoms with Crippen LogP contribution < -0.4 is 14.4 Å². The van der Waals surface area contributed by atoms with E-state index in [1.54, 1.807) is 0 Å².